The minimum Gasteiger partial charge on any atom is -0.347 e. The Hall–Kier alpha value is -1.89. The van der Waals surface area contributed by atoms with Crippen LogP contribution in [0, 0.1) is 5.92 Å². The van der Waals surface area contributed by atoms with Crippen molar-refractivity contribution in [3.63, 3.8) is 0 Å². The van der Waals surface area contributed by atoms with Crippen LogP contribution >= 0.6 is 0 Å². The third-order valence-corrected chi connectivity index (χ3v) is 6.12. The van der Waals surface area contributed by atoms with Gasteiger partial charge in [0.05, 0.1) is 6.04 Å². The predicted molar refractivity (Wildman–Crippen MR) is 104 cm³/mol. The molecular formula is C20H33N5O2. The maximum atomic E-state index is 13.1. The normalized spacial score (nSPS) is 23.7. The maximum Gasteiger partial charge on any atom is 0.269 e. The zero-order chi connectivity index (χ0) is 19.4. The van der Waals surface area contributed by atoms with Crippen LogP contribution in [0.3, 0.4) is 0 Å². The molecule has 0 aromatic carbocycles. The SMILES string of the molecule is CCN(CC)C(=O)[C@@H]1C[C@@H](NC(=O)c2ccnn2C)CN1CC1CCCC1. The van der Waals surface area contributed by atoms with Gasteiger partial charge in [0.15, 0.2) is 0 Å². The summed E-state index contributed by atoms with van der Waals surface area (Å²) in [5, 5.41) is 7.19. The van der Waals surface area contributed by atoms with Gasteiger partial charge in [0.25, 0.3) is 5.91 Å². The molecule has 2 heterocycles. The smallest absolute Gasteiger partial charge is 0.269 e. The molecule has 27 heavy (non-hydrogen) atoms. The number of hydrogen-bond donors (Lipinski definition) is 1. The Morgan fingerprint density at radius 3 is 2.56 bits per heavy atom. The van der Waals surface area contributed by atoms with Gasteiger partial charge in [0.2, 0.25) is 5.91 Å². The van der Waals surface area contributed by atoms with E-state index in [2.05, 4.69) is 15.3 Å². The van der Waals surface area contributed by atoms with Crippen molar-refractivity contribution in [3.05, 3.63) is 18.0 Å². The van der Waals surface area contributed by atoms with Crippen LogP contribution in [0.4, 0.5) is 0 Å². The minimum absolute atomic E-state index is 0.00156. The van der Waals surface area contributed by atoms with E-state index < -0.39 is 0 Å². The van der Waals surface area contributed by atoms with Crippen molar-refractivity contribution in [2.45, 2.75) is 58.0 Å². The van der Waals surface area contributed by atoms with Crippen LogP contribution in [-0.4, -0.2) is 69.7 Å². The van der Waals surface area contributed by atoms with Crippen LogP contribution in [0.2, 0.25) is 0 Å². The number of aromatic nitrogens is 2. The van der Waals surface area contributed by atoms with Gasteiger partial charge in [-0.05, 0) is 45.1 Å². The standard InChI is InChI=1S/C20H33N5O2/c1-4-24(5-2)20(27)18-12-16(14-25(18)13-15-8-6-7-9-15)22-19(26)17-10-11-21-23(17)3/h10-11,15-16,18H,4-9,12-14H2,1-3H3,(H,22,26)/t16-,18+/m1/s1. The van der Waals surface area contributed by atoms with E-state index in [-0.39, 0.29) is 23.9 Å². The Balaban J connectivity index is 1.68. The first-order valence-electron chi connectivity index (χ1n) is 10.3. The number of likely N-dealkylation sites (tertiary alicyclic amines) is 1. The van der Waals surface area contributed by atoms with E-state index >= 15 is 0 Å². The molecule has 1 aliphatic carbocycles. The molecule has 7 heteroatoms. The van der Waals surface area contributed by atoms with Crippen LogP contribution < -0.4 is 5.32 Å². The number of likely N-dealkylation sites (N-methyl/N-ethyl adjacent to an activating group) is 1. The van der Waals surface area contributed by atoms with Gasteiger partial charge in [-0.15, -0.1) is 0 Å². The summed E-state index contributed by atoms with van der Waals surface area (Å²) in [6, 6.07) is 1.60. The Morgan fingerprint density at radius 1 is 1.26 bits per heavy atom. The van der Waals surface area contributed by atoms with E-state index in [4.69, 9.17) is 0 Å². The number of carbonyl (C=O) groups is 2. The number of aryl methyl sites for hydroxylation is 1. The number of nitrogens with one attached hydrogen (secondary N) is 1. The molecule has 1 aromatic heterocycles. The minimum atomic E-state index is -0.123. The first-order valence-corrected chi connectivity index (χ1v) is 10.3. The number of rotatable bonds is 7. The molecule has 150 valence electrons. The van der Waals surface area contributed by atoms with Crippen LogP contribution in [0.1, 0.15) is 56.4 Å². The lowest BCUT2D eigenvalue weighted by molar-refractivity contribution is -0.135. The lowest BCUT2D eigenvalue weighted by Gasteiger charge is -2.30. The van der Waals surface area contributed by atoms with Gasteiger partial charge in [0, 0.05) is 45.5 Å². The molecule has 0 bridgehead atoms. The first kappa shape index (κ1) is 19.9. The summed E-state index contributed by atoms with van der Waals surface area (Å²) in [6.45, 7) is 7.23. The average molecular weight is 376 g/mol. The van der Waals surface area contributed by atoms with Gasteiger partial charge < -0.3 is 10.2 Å². The summed E-state index contributed by atoms with van der Waals surface area (Å²) in [5.74, 6) is 0.774. The first-order chi connectivity index (χ1) is 13.0. The molecule has 1 saturated carbocycles. The molecular weight excluding hydrogens is 342 g/mol. The second-order valence-corrected chi connectivity index (χ2v) is 7.88. The van der Waals surface area contributed by atoms with Gasteiger partial charge in [0.1, 0.15) is 5.69 Å². The predicted octanol–water partition coefficient (Wildman–Crippen LogP) is 1.65. The molecule has 7 nitrogen and oxygen atoms in total. The van der Waals surface area contributed by atoms with E-state index in [1.165, 1.54) is 25.7 Å². The van der Waals surface area contributed by atoms with Crippen molar-refractivity contribution in [1.29, 1.82) is 0 Å². The lowest BCUT2D eigenvalue weighted by Crippen LogP contribution is -2.46. The number of carbonyl (C=O) groups excluding carboxylic acids is 2. The fraction of sp³-hybridized carbons (Fsp3) is 0.750. The molecule has 1 aliphatic heterocycles. The highest BCUT2D eigenvalue weighted by atomic mass is 16.2. The summed E-state index contributed by atoms with van der Waals surface area (Å²) in [5.41, 5.74) is 0.552. The highest BCUT2D eigenvalue weighted by Crippen LogP contribution is 2.29. The van der Waals surface area contributed by atoms with E-state index in [1.807, 2.05) is 18.7 Å². The zero-order valence-electron chi connectivity index (χ0n) is 16.9. The van der Waals surface area contributed by atoms with Gasteiger partial charge in [-0.3, -0.25) is 19.2 Å². The van der Waals surface area contributed by atoms with Crippen LogP contribution in [0.15, 0.2) is 12.3 Å². The van der Waals surface area contributed by atoms with E-state index in [9.17, 15) is 9.59 Å². The summed E-state index contributed by atoms with van der Waals surface area (Å²) >= 11 is 0. The number of nitrogens with zero attached hydrogens (tertiary/aromatic N) is 4. The molecule has 1 aromatic rings. The fourth-order valence-electron chi connectivity index (χ4n) is 4.59. The van der Waals surface area contributed by atoms with Crippen LogP contribution in [-0.2, 0) is 11.8 Å². The molecule has 2 fully saturated rings. The molecule has 2 amide bonds. The van der Waals surface area contributed by atoms with Gasteiger partial charge in [-0.1, -0.05) is 12.8 Å². The summed E-state index contributed by atoms with van der Waals surface area (Å²) in [4.78, 5) is 29.9. The van der Waals surface area contributed by atoms with Crippen molar-refractivity contribution in [1.82, 2.24) is 24.9 Å². The quantitative estimate of drug-likeness (QED) is 0.787. The lowest BCUT2D eigenvalue weighted by atomic mass is 10.1. The summed E-state index contributed by atoms with van der Waals surface area (Å²) in [6.07, 6.45) is 7.43. The van der Waals surface area contributed by atoms with E-state index in [1.54, 1.807) is 24.0 Å². The van der Waals surface area contributed by atoms with Gasteiger partial charge in [-0.2, -0.15) is 5.10 Å². The number of amides is 2. The monoisotopic (exact) mass is 375 g/mol. The van der Waals surface area contributed by atoms with Crippen LogP contribution in [0.25, 0.3) is 0 Å². The molecule has 2 aliphatic rings. The van der Waals surface area contributed by atoms with Crippen molar-refractivity contribution in [2.75, 3.05) is 26.2 Å². The van der Waals surface area contributed by atoms with Gasteiger partial charge in [-0.25, -0.2) is 0 Å². The Bertz CT molecular complexity index is 649. The third-order valence-electron chi connectivity index (χ3n) is 6.12. The Labute approximate surface area is 162 Å². The highest BCUT2D eigenvalue weighted by Gasteiger charge is 2.40. The van der Waals surface area contributed by atoms with E-state index in [0.717, 1.165) is 26.2 Å². The Kier molecular flexibility index (Phi) is 6.52. The number of hydrogen-bond acceptors (Lipinski definition) is 4. The Morgan fingerprint density at radius 2 is 1.96 bits per heavy atom. The topological polar surface area (TPSA) is 70.5 Å². The molecule has 0 radical (unpaired) electrons. The summed E-state index contributed by atoms with van der Waals surface area (Å²) < 4.78 is 1.58. The molecule has 0 unspecified atom stereocenters. The molecule has 1 N–H and O–H groups in total. The average Bonchev–Trinajstić information content (AvgIpc) is 3.38. The molecule has 3 rings (SSSR count). The fourth-order valence-corrected chi connectivity index (χ4v) is 4.59. The largest absolute Gasteiger partial charge is 0.347 e. The second-order valence-electron chi connectivity index (χ2n) is 7.88. The van der Waals surface area contributed by atoms with Gasteiger partial charge >= 0.3 is 0 Å². The van der Waals surface area contributed by atoms with Crippen LogP contribution in [0.5, 0.6) is 0 Å². The zero-order valence-corrected chi connectivity index (χ0v) is 16.9. The highest BCUT2D eigenvalue weighted by molar-refractivity contribution is 5.92. The van der Waals surface area contributed by atoms with Crippen molar-refractivity contribution in [2.24, 2.45) is 13.0 Å². The maximum absolute atomic E-state index is 13.1. The van der Waals surface area contributed by atoms with Crippen molar-refractivity contribution < 1.29 is 9.59 Å². The van der Waals surface area contributed by atoms with E-state index in [0.29, 0.717) is 18.0 Å². The van der Waals surface area contributed by atoms with Crippen molar-refractivity contribution in [3.8, 4) is 0 Å². The molecule has 0 spiro atoms. The molecule has 2 atom stereocenters. The third kappa shape index (κ3) is 4.51. The second kappa shape index (κ2) is 8.87. The molecule has 1 saturated heterocycles. The summed E-state index contributed by atoms with van der Waals surface area (Å²) in [7, 11) is 1.77. The van der Waals surface area contributed by atoms with Crippen molar-refractivity contribution >= 4 is 11.8 Å².